The lowest BCUT2D eigenvalue weighted by atomic mass is 9.94. The lowest BCUT2D eigenvalue weighted by Crippen LogP contribution is -2.27. The van der Waals surface area contributed by atoms with Gasteiger partial charge in [-0.15, -0.1) is 0 Å². The average Bonchev–Trinajstić information content (AvgIpc) is 2.78. The predicted molar refractivity (Wildman–Crippen MR) is 67.8 cm³/mol. The summed E-state index contributed by atoms with van der Waals surface area (Å²) in [4.78, 5) is 4.27. The lowest BCUT2D eigenvalue weighted by Gasteiger charge is -2.24. The summed E-state index contributed by atoms with van der Waals surface area (Å²) in [5.41, 5.74) is 1.00. The minimum Gasteiger partial charge on any atom is -0.377 e. The van der Waals surface area contributed by atoms with Crippen LogP contribution < -0.4 is 0 Å². The van der Waals surface area contributed by atoms with Crippen molar-refractivity contribution in [3.05, 3.63) is 53.6 Å². The third kappa shape index (κ3) is 2.11. The van der Waals surface area contributed by atoms with E-state index in [1.54, 1.807) is 13.1 Å². The Balaban J connectivity index is 2.45. The van der Waals surface area contributed by atoms with Crippen LogP contribution in [0.4, 0.5) is 0 Å². The van der Waals surface area contributed by atoms with Crippen LogP contribution in [0.1, 0.15) is 30.8 Å². The predicted octanol–water partition coefficient (Wildman–Crippen LogP) is 2.47. The zero-order valence-electron chi connectivity index (χ0n) is 10.5. The van der Waals surface area contributed by atoms with Gasteiger partial charge < -0.3 is 9.67 Å². The molecule has 1 N–H and O–H groups in total. The molecule has 0 amide bonds. The summed E-state index contributed by atoms with van der Waals surface area (Å²) in [5.74, 6) is 0.684. The van der Waals surface area contributed by atoms with Gasteiger partial charge in [0.2, 0.25) is 0 Å². The van der Waals surface area contributed by atoms with E-state index in [1.807, 2.05) is 48.9 Å². The fraction of sp³-hybridized carbons (Fsp3) is 0.357. The Bertz CT molecular complexity index is 497. The summed E-state index contributed by atoms with van der Waals surface area (Å²) in [7, 11) is 0. The molecule has 0 aliphatic rings. The van der Waals surface area contributed by atoms with E-state index >= 15 is 0 Å². The molecule has 2 rings (SSSR count). The van der Waals surface area contributed by atoms with Crippen LogP contribution in [0, 0.1) is 6.92 Å². The fourth-order valence-corrected chi connectivity index (χ4v) is 2.00. The van der Waals surface area contributed by atoms with Crippen molar-refractivity contribution >= 4 is 0 Å². The smallest absolute Gasteiger partial charge is 0.145 e. The lowest BCUT2D eigenvalue weighted by molar-refractivity contribution is 0.0882. The Morgan fingerprint density at radius 2 is 1.94 bits per heavy atom. The number of rotatable bonds is 3. The highest BCUT2D eigenvalue weighted by Gasteiger charge is 2.29. The van der Waals surface area contributed by atoms with Crippen LogP contribution in [0.5, 0.6) is 0 Å². The first-order chi connectivity index (χ1) is 8.05. The van der Waals surface area contributed by atoms with Crippen molar-refractivity contribution < 1.29 is 5.11 Å². The Hall–Kier alpha value is -1.61. The molecule has 1 aromatic carbocycles. The standard InChI is InChI=1S/C14H18N2O/c1-4-16-10-9-15-13(16)14(3,17)12-7-5-11(2)6-8-12/h5-10,17H,4H2,1-3H3. The van der Waals surface area contributed by atoms with E-state index in [2.05, 4.69) is 4.98 Å². The number of hydrogen-bond acceptors (Lipinski definition) is 2. The maximum atomic E-state index is 10.7. The molecule has 0 bridgehead atoms. The second-order valence-electron chi connectivity index (χ2n) is 4.48. The quantitative estimate of drug-likeness (QED) is 0.879. The molecule has 2 aromatic rings. The van der Waals surface area contributed by atoms with Crippen molar-refractivity contribution in [3.8, 4) is 0 Å². The molecule has 1 aromatic heterocycles. The number of aromatic nitrogens is 2. The van der Waals surface area contributed by atoms with Gasteiger partial charge in [0.05, 0.1) is 0 Å². The molecule has 0 saturated heterocycles. The van der Waals surface area contributed by atoms with Gasteiger partial charge in [0.15, 0.2) is 0 Å². The number of nitrogens with zero attached hydrogens (tertiary/aromatic N) is 2. The van der Waals surface area contributed by atoms with Gasteiger partial charge in [-0.1, -0.05) is 29.8 Å². The number of hydrogen-bond donors (Lipinski definition) is 1. The van der Waals surface area contributed by atoms with Gasteiger partial charge in [0.25, 0.3) is 0 Å². The minimum atomic E-state index is -1.05. The largest absolute Gasteiger partial charge is 0.377 e. The summed E-state index contributed by atoms with van der Waals surface area (Å²) < 4.78 is 1.96. The van der Waals surface area contributed by atoms with Gasteiger partial charge in [-0.25, -0.2) is 4.98 Å². The normalized spacial score (nSPS) is 14.6. The molecule has 0 radical (unpaired) electrons. The van der Waals surface area contributed by atoms with E-state index in [0.717, 1.165) is 12.1 Å². The molecule has 0 fully saturated rings. The molecule has 3 heteroatoms. The van der Waals surface area contributed by atoms with Gasteiger partial charge >= 0.3 is 0 Å². The molecule has 3 nitrogen and oxygen atoms in total. The highest BCUT2D eigenvalue weighted by Crippen LogP contribution is 2.27. The number of aliphatic hydroxyl groups is 1. The molecule has 0 aliphatic heterocycles. The highest BCUT2D eigenvalue weighted by atomic mass is 16.3. The molecule has 0 saturated carbocycles. The SMILES string of the molecule is CCn1ccnc1C(C)(O)c1ccc(C)cc1. The van der Waals surface area contributed by atoms with Crippen LogP contribution in [-0.2, 0) is 12.1 Å². The Kier molecular flexibility index (Phi) is 3.03. The molecule has 1 heterocycles. The van der Waals surface area contributed by atoms with Crippen LogP contribution in [0.2, 0.25) is 0 Å². The molecule has 0 aliphatic carbocycles. The number of aryl methyl sites for hydroxylation is 2. The van der Waals surface area contributed by atoms with Crippen LogP contribution in [0.25, 0.3) is 0 Å². The van der Waals surface area contributed by atoms with E-state index in [9.17, 15) is 5.11 Å². The van der Waals surface area contributed by atoms with Gasteiger partial charge in [-0.05, 0) is 26.3 Å². The number of benzene rings is 1. The van der Waals surface area contributed by atoms with Crippen molar-refractivity contribution in [3.63, 3.8) is 0 Å². The van der Waals surface area contributed by atoms with E-state index in [0.29, 0.717) is 5.82 Å². The van der Waals surface area contributed by atoms with Gasteiger partial charge in [0, 0.05) is 18.9 Å². The Labute approximate surface area is 102 Å². The van der Waals surface area contributed by atoms with E-state index < -0.39 is 5.60 Å². The molecular weight excluding hydrogens is 212 g/mol. The van der Waals surface area contributed by atoms with Crippen LogP contribution in [-0.4, -0.2) is 14.7 Å². The molecular formula is C14H18N2O. The second-order valence-corrected chi connectivity index (χ2v) is 4.48. The molecule has 1 unspecified atom stereocenters. The maximum Gasteiger partial charge on any atom is 0.145 e. The third-order valence-electron chi connectivity index (χ3n) is 3.11. The van der Waals surface area contributed by atoms with Crippen molar-refractivity contribution in [2.45, 2.75) is 32.9 Å². The summed E-state index contributed by atoms with van der Waals surface area (Å²) in [6, 6.07) is 7.90. The highest BCUT2D eigenvalue weighted by molar-refractivity contribution is 5.31. The summed E-state index contributed by atoms with van der Waals surface area (Å²) in [6.07, 6.45) is 3.61. The zero-order valence-corrected chi connectivity index (χ0v) is 10.5. The maximum absolute atomic E-state index is 10.7. The Morgan fingerprint density at radius 3 is 2.53 bits per heavy atom. The van der Waals surface area contributed by atoms with Gasteiger partial charge in [-0.2, -0.15) is 0 Å². The first-order valence-electron chi connectivity index (χ1n) is 5.87. The second kappa shape index (κ2) is 4.34. The van der Waals surface area contributed by atoms with Crippen LogP contribution in [0.3, 0.4) is 0 Å². The minimum absolute atomic E-state index is 0.684. The molecule has 17 heavy (non-hydrogen) atoms. The summed E-state index contributed by atoms with van der Waals surface area (Å²) in [5, 5.41) is 10.7. The zero-order chi connectivity index (χ0) is 12.5. The van der Waals surface area contributed by atoms with Crippen LogP contribution >= 0.6 is 0 Å². The van der Waals surface area contributed by atoms with Gasteiger partial charge in [0.1, 0.15) is 11.4 Å². The third-order valence-corrected chi connectivity index (χ3v) is 3.11. The molecule has 0 spiro atoms. The Morgan fingerprint density at radius 1 is 1.29 bits per heavy atom. The molecule has 1 atom stereocenters. The van der Waals surface area contributed by atoms with Crippen molar-refractivity contribution in [1.82, 2.24) is 9.55 Å². The van der Waals surface area contributed by atoms with Crippen molar-refractivity contribution in [2.75, 3.05) is 0 Å². The van der Waals surface area contributed by atoms with Crippen LogP contribution in [0.15, 0.2) is 36.7 Å². The first-order valence-corrected chi connectivity index (χ1v) is 5.87. The van der Waals surface area contributed by atoms with E-state index in [1.165, 1.54) is 5.56 Å². The summed E-state index contributed by atoms with van der Waals surface area (Å²) in [6.45, 7) is 6.66. The van der Waals surface area contributed by atoms with Crippen molar-refractivity contribution in [1.29, 1.82) is 0 Å². The summed E-state index contributed by atoms with van der Waals surface area (Å²) >= 11 is 0. The monoisotopic (exact) mass is 230 g/mol. The average molecular weight is 230 g/mol. The van der Waals surface area contributed by atoms with E-state index in [4.69, 9.17) is 0 Å². The van der Waals surface area contributed by atoms with Crippen molar-refractivity contribution in [2.24, 2.45) is 0 Å². The number of imidazole rings is 1. The first kappa shape index (κ1) is 11.9. The van der Waals surface area contributed by atoms with Gasteiger partial charge in [-0.3, -0.25) is 0 Å². The van der Waals surface area contributed by atoms with E-state index in [-0.39, 0.29) is 0 Å². The fourth-order valence-electron chi connectivity index (χ4n) is 2.00. The topological polar surface area (TPSA) is 38.0 Å². The molecule has 90 valence electrons.